The third-order valence-corrected chi connectivity index (χ3v) is 2.09. The summed E-state index contributed by atoms with van der Waals surface area (Å²) in [6.45, 7) is 7.10. The molecule has 0 radical (unpaired) electrons. The fourth-order valence-corrected chi connectivity index (χ4v) is 1.46. The first-order chi connectivity index (χ1) is 4.91. The lowest BCUT2D eigenvalue weighted by Crippen LogP contribution is -2.56. The predicted octanol–water partition coefficient (Wildman–Crippen LogP) is 1.17. The maximum atomic E-state index is 5.10. The number of hydrogen-bond donors (Lipinski definition) is 1. The maximum Gasteiger partial charge on any atom is 0.0671 e. The van der Waals surface area contributed by atoms with Gasteiger partial charge in [0, 0.05) is 0 Å². The second-order valence-electron chi connectivity index (χ2n) is 2.80. The number of rotatable bonds is 0. The molecule has 2 fully saturated rings. The van der Waals surface area contributed by atoms with Crippen LogP contribution in [0.4, 0.5) is 0 Å². The first-order valence-corrected chi connectivity index (χ1v) is 4.24. The molecule has 0 atom stereocenters. The van der Waals surface area contributed by atoms with Gasteiger partial charge >= 0.3 is 0 Å². The van der Waals surface area contributed by atoms with Crippen molar-refractivity contribution in [1.82, 2.24) is 5.32 Å². The van der Waals surface area contributed by atoms with Crippen molar-refractivity contribution < 1.29 is 4.74 Å². The Morgan fingerprint density at radius 1 is 1.30 bits per heavy atom. The lowest BCUT2D eigenvalue weighted by atomic mass is 9.96. The molecule has 1 spiro atoms. The van der Waals surface area contributed by atoms with E-state index in [0.717, 1.165) is 13.2 Å². The van der Waals surface area contributed by atoms with Crippen molar-refractivity contribution in [2.45, 2.75) is 32.2 Å². The van der Waals surface area contributed by atoms with Crippen molar-refractivity contribution >= 4 is 0 Å². The summed E-state index contributed by atoms with van der Waals surface area (Å²) in [4.78, 5) is 0. The van der Waals surface area contributed by atoms with Crippen LogP contribution < -0.4 is 5.32 Å². The fraction of sp³-hybridized carbons (Fsp3) is 1.00. The Kier molecular flexibility index (Phi) is 2.69. The summed E-state index contributed by atoms with van der Waals surface area (Å²) in [5.74, 6) is 0. The monoisotopic (exact) mass is 143 g/mol. The molecule has 0 saturated carbocycles. The van der Waals surface area contributed by atoms with Crippen LogP contribution in [0.2, 0.25) is 0 Å². The van der Waals surface area contributed by atoms with E-state index >= 15 is 0 Å². The van der Waals surface area contributed by atoms with Gasteiger partial charge in [-0.3, -0.25) is 0 Å². The van der Waals surface area contributed by atoms with Gasteiger partial charge in [0.2, 0.25) is 0 Å². The van der Waals surface area contributed by atoms with E-state index in [0.29, 0.717) is 5.54 Å². The van der Waals surface area contributed by atoms with Crippen LogP contribution in [0.5, 0.6) is 0 Å². The quantitative estimate of drug-likeness (QED) is 0.549. The minimum atomic E-state index is 0.444. The van der Waals surface area contributed by atoms with Gasteiger partial charge in [-0.2, -0.15) is 0 Å². The van der Waals surface area contributed by atoms with Gasteiger partial charge in [0.1, 0.15) is 0 Å². The van der Waals surface area contributed by atoms with E-state index < -0.39 is 0 Å². The molecule has 0 aliphatic carbocycles. The van der Waals surface area contributed by atoms with E-state index in [1.165, 1.54) is 19.4 Å². The van der Waals surface area contributed by atoms with Crippen LogP contribution in [0.25, 0.3) is 0 Å². The molecular weight excluding hydrogens is 126 g/mol. The molecule has 0 amide bonds. The van der Waals surface area contributed by atoms with Gasteiger partial charge in [-0.05, 0) is 19.4 Å². The van der Waals surface area contributed by atoms with Crippen molar-refractivity contribution in [1.29, 1.82) is 0 Å². The van der Waals surface area contributed by atoms with Crippen molar-refractivity contribution in [2.24, 2.45) is 0 Å². The van der Waals surface area contributed by atoms with Gasteiger partial charge in [0.05, 0.1) is 18.8 Å². The number of hydrogen-bond acceptors (Lipinski definition) is 2. The molecule has 0 aromatic heterocycles. The number of nitrogens with one attached hydrogen (secondary N) is 1. The van der Waals surface area contributed by atoms with Crippen LogP contribution in [0, 0.1) is 0 Å². The predicted molar refractivity (Wildman–Crippen MR) is 42.1 cm³/mol. The summed E-state index contributed by atoms with van der Waals surface area (Å²) in [5, 5.41) is 3.44. The Hall–Kier alpha value is -0.0800. The van der Waals surface area contributed by atoms with Gasteiger partial charge in [-0.15, -0.1) is 0 Å². The molecule has 0 unspecified atom stereocenters. The second kappa shape index (κ2) is 3.35. The highest BCUT2D eigenvalue weighted by Crippen LogP contribution is 2.26. The van der Waals surface area contributed by atoms with E-state index in [1.807, 2.05) is 13.8 Å². The SMILES string of the molecule is C1CNC2(C1)COC2.CC. The second-order valence-corrected chi connectivity index (χ2v) is 2.80. The average molecular weight is 143 g/mol. The first kappa shape index (κ1) is 8.02. The molecule has 0 bridgehead atoms. The molecule has 1 N–H and O–H groups in total. The molecule has 2 aliphatic heterocycles. The van der Waals surface area contributed by atoms with Crippen molar-refractivity contribution in [3.63, 3.8) is 0 Å². The molecule has 0 aromatic rings. The third kappa shape index (κ3) is 1.32. The molecule has 10 heavy (non-hydrogen) atoms. The van der Waals surface area contributed by atoms with E-state index in [1.54, 1.807) is 0 Å². The summed E-state index contributed by atoms with van der Waals surface area (Å²) in [7, 11) is 0. The molecule has 2 nitrogen and oxygen atoms in total. The molecular formula is C8H17NO. The van der Waals surface area contributed by atoms with E-state index in [4.69, 9.17) is 4.74 Å². The summed E-state index contributed by atoms with van der Waals surface area (Å²) >= 11 is 0. The van der Waals surface area contributed by atoms with E-state index in [2.05, 4.69) is 5.32 Å². The zero-order valence-corrected chi connectivity index (χ0v) is 6.94. The first-order valence-electron chi connectivity index (χ1n) is 4.24. The Bertz CT molecular complexity index is 91.4. The minimum Gasteiger partial charge on any atom is -0.377 e. The zero-order chi connectivity index (χ0) is 7.45. The van der Waals surface area contributed by atoms with Crippen LogP contribution in [-0.2, 0) is 4.74 Å². The average Bonchev–Trinajstić information content (AvgIpc) is 2.38. The largest absolute Gasteiger partial charge is 0.377 e. The van der Waals surface area contributed by atoms with Crippen LogP contribution in [0.3, 0.4) is 0 Å². The van der Waals surface area contributed by atoms with E-state index in [-0.39, 0.29) is 0 Å². The molecule has 2 aliphatic rings. The summed E-state index contributed by atoms with van der Waals surface area (Å²) < 4.78 is 5.10. The summed E-state index contributed by atoms with van der Waals surface area (Å²) in [6, 6.07) is 0. The molecule has 2 rings (SSSR count). The topological polar surface area (TPSA) is 21.3 Å². The van der Waals surface area contributed by atoms with Crippen LogP contribution in [-0.4, -0.2) is 25.3 Å². The van der Waals surface area contributed by atoms with Gasteiger partial charge in [-0.25, -0.2) is 0 Å². The molecule has 0 aromatic carbocycles. The Morgan fingerprint density at radius 3 is 2.20 bits per heavy atom. The molecule has 2 saturated heterocycles. The lowest BCUT2D eigenvalue weighted by Gasteiger charge is -2.37. The standard InChI is InChI=1S/C6H11NO.C2H6/c1-2-6(7-3-1)4-8-5-6;1-2/h7H,1-5H2;1-2H3. The maximum absolute atomic E-state index is 5.10. The van der Waals surface area contributed by atoms with Crippen LogP contribution in [0.15, 0.2) is 0 Å². The van der Waals surface area contributed by atoms with Crippen LogP contribution >= 0.6 is 0 Å². The van der Waals surface area contributed by atoms with E-state index in [9.17, 15) is 0 Å². The zero-order valence-electron chi connectivity index (χ0n) is 6.94. The Balaban J connectivity index is 0.000000231. The highest BCUT2D eigenvalue weighted by Gasteiger charge is 2.40. The normalized spacial score (nSPS) is 27.0. The Labute approximate surface area is 63.0 Å². The molecule has 2 heterocycles. The lowest BCUT2D eigenvalue weighted by molar-refractivity contribution is -0.0642. The van der Waals surface area contributed by atoms with Crippen LogP contribution in [0.1, 0.15) is 26.7 Å². The van der Waals surface area contributed by atoms with Gasteiger partial charge < -0.3 is 10.1 Å². The minimum absolute atomic E-state index is 0.444. The highest BCUT2D eigenvalue weighted by atomic mass is 16.5. The number of ether oxygens (including phenoxy) is 1. The summed E-state index contributed by atoms with van der Waals surface area (Å²) in [6.07, 6.45) is 2.66. The van der Waals surface area contributed by atoms with Gasteiger partial charge in [0.25, 0.3) is 0 Å². The molecule has 60 valence electrons. The smallest absolute Gasteiger partial charge is 0.0671 e. The van der Waals surface area contributed by atoms with Crippen molar-refractivity contribution in [2.75, 3.05) is 19.8 Å². The highest BCUT2D eigenvalue weighted by molar-refractivity contribution is 4.97. The van der Waals surface area contributed by atoms with Crippen molar-refractivity contribution in [3.8, 4) is 0 Å². The summed E-state index contributed by atoms with van der Waals surface area (Å²) in [5.41, 5.74) is 0.444. The van der Waals surface area contributed by atoms with Crippen molar-refractivity contribution in [3.05, 3.63) is 0 Å². The molecule has 2 heteroatoms. The van der Waals surface area contributed by atoms with Gasteiger partial charge in [-0.1, -0.05) is 13.8 Å². The Morgan fingerprint density at radius 2 is 2.00 bits per heavy atom. The van der Waals surface area contributed by atoms with Gasteiger partial charge in [0.15, 0.2) is 0 Å². The third-order valence-electron chi connectivity index (χ3n) is 2.09. The fourth-order valence-electron chi connectivity index (χ4n) is 1.46.